The number of rotatable bonds is 8. The van der Waals surface area contributed by atoms with Crippen molar-refractivity contribution in [3.05, 3.63) is 59.7 Å². The Morgan fingerprint density at radius 1 is 1.03 bits per heavy atom. The Kier molecular flexibility index (Phi) is 6.64. The van der Waals surface area contributed by atoms with E-state index in [1.807, 2.05) is 43.3 Å². The second-order valence-electron chi connectivity index (χ2n) is 9.58. The highest BCUT2D eigenvalue weighted by molar-refractivity contribution is 5.94. The molecule has 180 valence electrons. The van der Waals surface area contributed by atoms with Crippen LogP contribution in [0.15, 0.2) is 48.5 Å². The van der Waals surface area contributed by atoms with Crippen molar-refractivity contribution < 1.29 is 24.2 Å². The standard InChI is InChI=1S/C27H32N2O5/c1-3-14-26(2,23(30)28-27(24(31)32)15-8-9-16-27)29-25(33)34-17-22-20-12-6-4-10-18(20)19-11-5-7-13-21(19)22/h4-7,10-13,22H,3,8-9,14-17H2,1-2H3,(H,28,30)(H,29,33)(H,31,32). The molecule has 0 saturated heterocycles. The molecule has 34 heavy (non-hydrogen) atoms. The minimum Gasteiger partial charge on any atom is -0.480 e. The van der Waals surface area contributed by atoms with E-state index in [4.69, 9.17) is 4.74 Å². The molecule has 7 heteroatoms. The molecule has 1 atom stereocenters. The van der Waals surface area contributed by atoms with Crippen molar-refractivity contribution in [2.45, 2.75) is 69.4 Å². The number of carbonyl (C=O) groups excluding carboxylic acids is 2. The second kappa shape index (κ2) is 9.49. The molecule has 1 unspecified atom stereocenters. The Balaban J connectivity index is 1.45. The van der Waals surface area contributed by atoms with Crippen LogP contribution in [0, 0.1) is 0 Å². The highest BCUT2D eigenvalue weighted by atomic mass is 16.5. The Labute approximate surface area is 199 Å². The normalized spacial score (nSPS) is 17.8. The zero-order chi connectivity index (χ0) is 24.3. The van der Waals surface area contributed by atoms with Gasteiger partial charge in [-0.05, 0) is 48.4 Å². The van der Waals surface area contributed by atoms with Crippen molar-refractivity contribution in [1.82, 2.24) is 10.6 Å². The Morgan fingerprint density at radius 2 is 1.59 bits per heavy atom. The van der Waals surface area contributed by atoms with E-state index < -0.39 is 29.0 Å². The molecule has 0 radical (unpaired) electrons. The van der Waals surface area contributed by atoms with Gasteiger partial charge in [-0.1, -0.05) is 74.7 Å². The third-order valence-corrected chi connectivity index (χ3v) is 7.19. The maximum absolute atomic E-state index is 13.2. The zero-order valence-electron chi connectivity index (χ0n) is 19.7. The lowest BCUT2D eigenvalue weighted by Crippen LogP contribution is -2.63. The van der Waals surface area contributed by atoms with Gasteiger partial charge in [0, 0.05) is 5.92 Å². The van der Waals surface area contributed by atoms with Gasteiger partial charge in [-0.2, -0.15) is 0 Å². The first kappa shape index (κ1) is 23.8. The van der Waals surface area contributed by atoms with Gasteiger partial charge in [0.15, 0.2) is 0 Å². The lowest BCUT2D eigenvalue weighted by Gasteiger charge is -2.34. The maximum Gasteiger partial charge on any atom is 0.408 e. The van der Waals surface area contributed by atoms with Gasteiger partial charge >= 0.3 is 12.1 Å². The number of aliphatic carboxylic acids is 1. The average Bonchev–Trinajstić information content (AvgIpc) is 3.41. The first-order chi connectivity index (χ1) is 16.3. The van der Waals surface area contributed by atoms with E-state index in [1.54, 1.807) is 6.92 Å². The molecule has 2 amide bonds. The molecule has 1 fully saturated rings. The van der Waals surface area contributed by atoms with Crippen molar-refractivity contribution in [1.29, 1.82) is 0 Å². The molecule has 2 aliphatic carbocycles. The van der Waals surface area contributed by atoms with Crippen molar-refractivity contribution >= 4 is 18.0 Å². The summed E-state index contributed by atoms with van der Waals surface area (Å²) in [6.45, 7) is 3.67. The van der Waals surface area contributed by atoms with E-state index >= 15 is 0 Å². The monoisotopic (exact) mass is 464 g/mol. The summed E-state index contributed by atoms with van der Waals surface area (Å²) >= 11 is 0. The number of hydrogen-bond donors (Lipinski definition) is 3. The predicted octanol–water partition coefficient (Wildman–Crippen LogP) is 4.60. The lowest BCUT2D eigenvalue weighted by atomic mass is 9.91. The minimum atomic E-state index is -1.28. The summed E-state index contributed by atoms with van der Waals surface area (Å²) in [4.78, 5) is 37.9. The molecule has 0 aliphatic heterocycles. The van der Waals surface area contributed by atoms with Gasteiger partial charge in [-0.3, -0.25) is 4.79 Å². The fraction of sp³-hybridized carbons (Fsp3) is 0.444. The number of benzene rings is 2. The van der Waals surface area contributed by atoms with Crippen LogP contribution in [-0.2, 0) is 14.3 Å². The summed E-state index contributed by atoms with van der Waals surface area (Å²) < 4.78 is 5.63. The minimum absolute atomic E-state index is 0.0850. The van der Waals surface area contributed by atoms with Gasteiger partial charge in [0.2, 0.25) is 5.91 Å². The van der Waals surface area contributed by atoms with Gasteiger partial charge in [0.1, 0.15) is 17.7 Å². The van der Waals surface area contributed by atoms with Crippen LogP contribution in [0.25, 0.3) is 11.1 Å². The molecule has 2 aliphatic rings. The van der Waals surface area contributed by atoms with Crippen LogP contribution in [-0.4, -0.2) is 40.8 Å². The Hall–Kier alpha value is -3.35. The lowest BCUT2D eigenvalue weighted by molar-refractivity contribution is -0.148. The number of hydrogen-bond acceptors (Lipinski definition) is 4. The number of nitrogens with one attached hydrogen (secondary N) is 2. The van der Waals surface area contributed by atoms with Crippen LogP contribution in [0.1, 0.15) is 69.4 Å². The second-order valence-corrected chi connectivity index (χ2v) is 9.58. The van der Waals surface area contributed by atoms with Gasteiger partial charge in [0.05, 0.1) is 0 Å². The van der Waals surface area contributed by atoms with E-state index in [1.165, 1.54) is 0 Å². The van der Waals surface area contributed by atoms with Crippen LogP contribution in [0.4, 0.5) is 4.79 Å². The topological polar surface area (TPSA) is 105 Å². The largest absolute Gasteiger partial charge is 0.480 e. The summed E-state index contributed by atoms with van der Waals surface area (Å²) in [5.41, 5.74) is 1.94. The SMILES string of the molecule is CCCC(C)(NC(=O)OCC1c2ccccc2-c2ccccc21)C(=O)NC1(C(=O)O)CCCC1. The quantitative estimate of drug-likeness (QED) is 0.530. The van der Waals surface area contributed by atoms with E-state index in [-0.39, 0.29) is 12.5 Å². The number of amides is 2. The third kappa shape index (κ3) is 4.39. The molecule has 3 N–H and O–H groups in total. The van der Waals surface area contributed by atoms with Gasteiger partial charge < -0.3 is 20.5 Å². The summed E-state index contributed by atoms with van der Waals surface area (Å²) in [6.07, 6.45) is 2.58. The molecule has 1 saturated carbocycles. The molecule has 0 aromatic heterocycles. The molecular formula is C27H32N2O5. The zero-order valence-corrected chi connectivity index (χ0v) is 19.7. The number of alkyl carbamates (subject to hydrolysis) is 1. The number of carbonyl (C=O) groups is 3. The molecule has 4 rings (SSSR count). The van der Waals surface area contributed by atoms with Gasteiger partial charge in [0.25, 0.3) is 0 Å². The Bertz CT molecular complexity index is 1050. The third-order valence-electron chi connectivity index (χ3n) is 7.19. The smallest absolute Gasteiger partial charge is 0.408 e. The van der Waals surface area contributed by atoms with Crippen molar-refractivity contribution in [2.24, 2.45) is 0 Å². The van der Waals surface area contributed by atoms with E-state index in [0.29, 0.717) is 25.7 Å². The first-order valence-corrected chi connectivity index (χ1v) is 12.0. The molecule has 0 spiro atoms. The average molecular weight is 465 g/mol. The van der Waals surface area contributed by atoms with Crippen molar-refractivity contribution in [3.8, 4) is 11.1 Å². The predicted molar refractivity (Wildman–Crippen MR) is 128 cm³/mol. The molecule has 2 aromatic rings. The molecular weight excluding hydrogens is 432 g/mol. The van der Waals surface area contributed by atoms with Crippen LogP contribution in [0.5, 0.6) is 0 Å². The van der Waals surface area contributed by atoms with Crippen molar-refractivity contribution in [3.63, 3.8) is 0 Å². The Morgan fingerprint density at radius 3 is 2.12 bits per heavy atom. The van der Waals surface area contributed by atoms with Crippen LogP contribution in [0.2, 0.25) is 0 Å². The first-order valence-electron chi connectivity index (χ1n) is 12.0. The summed E-state index contributed by atoms with van der Waals surface area (Å²) in [6, 6.07) is 16.2. The highest BCUT2D eigenvalue weighted by Gasteiger charge is 2.46. The fourth-order valence-corrected chi connectivity index (χ4v) is 5.32. The van der Waals surface area contributed by atoms with E-state index in [9.17, 15) is 19.5 Å². The van der Waals surface area contributed by atoms with Crippen molar-refractivity contribution in [2.75, 3.05) is 6.61 Å². The summed E-state index contributed by atoms with van der Waals surface area (Å²) in [7, 11) is 0. The van der Waals surface area contributed by atoms with Crippen LogP contribution in [0.3, 0.4) is 0 Å². The van der Waals surface area contributed by atoms with E-state index in [0.717, 1.165) is 35.1 Å². The molecule has 0 heterocycles. The van der Waals surface area contributed by atoms with Crippen LogP contribution >= 0.6 is 0 Å². The van der Waals surface area contributed by atoms with Gasteiger partial charge in [-0.15, -0.1) is 0 Å². The van der Waals surface area contributed by atoms with Gasteiger partial charge in [-0.25, -0.2) is 9.59 Å². The summed E-state index contributed by atoms with van der Waals surface area (Å²) in [5, 5.41) is 15.2. The maximum atomic E-state index is 13.2. The number of ether oxygens (including phenoxy) is 1. The van der Waals surface area contributed by atoms with Crippen LogP contribution < -0.4 is 10.6 Å². The highest BCUT2D eigenvalue weighted by Crippen LogP contribution is 2.44. The number of fused-ring (bicyclic) bond motifs is 3. The number of carboxylic acids is 1. The summed E-state index contributed by atoms with van der Waals surface area (Å²) in [5.74, 6) is -1.61. The molecule has 0 bridgehead atoms. The number of carboxylic acid groups (broad SMARTS) is 1. The fourth-order valence-electron chi connectivity index (χ4n) is 5.32. The molecule has 7 nitrogen and oxygen atoms in total. The van der Waals surface area contributed by atoms with E-state index in [2.05, 4.69) is 22.8 Å². The molecule has 2 aromatic carbocycles.